The molecule has 0 saturated carbocycles. The zero-order valence-corrected chi connectivity index (χ0v) is 16.1. The fourth-order valence-corrected chi connectivity index (χ4v) is 3.35. The van der Waals surface area contributed by atoms with Crippen LogP contribution in [-0.4, -0.2) is 51.2 Å². The fraction of sp³-hybridized carbons (Fsp3) is 0.400. The van der Waals surface area contributed by atoms with Crippen molar-refractivity contribution in [3.63, 3.8) is 0 Å². The maximum absolute atomic E-state index is 13.2. The standard InChI is InChI=1S/C20H23F2N5O2/c1-26-11-14(10-23-26)12-27-5-7-29-20(13-27)19-8-15(24-25-19)4-6-28-16-2-3-17(21)18(22)9-16/h2-3,8-11,20H,4-7,12-13H2,1H3,(H,24,25)/t20-/m0/s1. The summed E-state index contributed by atoms with van der Waals surface area (Å²) in [5.74, 6) is -1.51. The molecule has 2 aromatic heterocycles. The third-order valence-electron chi connectivity index (χ3n) is 4.83. The van der Waals surface area contributed by atoms with E-state index in [2.05, 4.69) is 20.2 Å². The minimum Gasteiger partial charge on any atom is -0.493 e. The van der Waals surface area contributed by atoms with Gasteiger partial charge in [0.2, 0.25) is 0 Å². The number of rotatable bonds is 7. The first-order chi connectivity index (χ1) is 14.1. The molecule has 4 rings (SSSR count). The van der Waals surface area contributed by atoms with Gasteiger partial charge in [0.15, 0.2) is 11.6 Å². The summed E-state index contributed by atoms with van der Waals surface area (Å²) < 4.78 is 39.3. The van der Waals surface area contributed by atoms with Crippen LogP contribution in [0.2, 0.25) is 0 Å². The third-order valence-corrected chi connectivity index (χ3v) is 4.83. The lowest BCUT2D eigenvalue weighted by Crippen LogP contribution is -2.37. The smallest absolute Gasteiger partial charge is 0.162 e. The normalized spacial score (nSPS) is 17.6. The largest absolute Gasteiger partial charge is 0.493 e. The van der Waals surface area contributed by atoms with Gasteiger partial charge in [0, 0.05) is 56.6 Å². The van der Waals surface area contributed by atoms with Crippen molar-refractivity contribution in [2.75, 3.05) is 26.3 Å². The topological polar surface area (TPSA) is 68.2 Å². The van der Waals surface area contributed by atoms with E-state index in [0.717, 1.165) is 43.2 Å². The zero-order chi connectivity index (χ0) is 20.2. The quantitative estimate of drug-likeness (QED) is 0.657. The van der Waals surface area contributed by atoms with E-state index in [1.54, 1.807) is 4.68 Å². The molecule has 1 saturated heterocycles. The molecule has 29 heavy (non-hydrogen) atoms. The van der Waals surface area contributed by atoms with Crippen LogP contribution in [0.25, 0.3) is 0 Å². The molecule has 154 valence electrons. The third kappa shape index (κ3) is 4.99. The first-order valence-corrected chi connectivity index (χ1v) is 9.50. The van der Waals surface area contributed by atoms with Gasteiger partial charge in [0.1, 0.15) is 11.9 Å². The molecule has 9 heteroatoms. The molecule has 3 aromatic rings. The SMILES string of the molecule is Cn1cc(CN2CCO[C@H](c3cc(CCOc4ccc(F)c(F)c4)[nH]n3)C2)cn1. The first-order valence-electron chi connectivity index (χ1n) is 9.50. The van der Waals surface area contributed by atoms with E-state index >= 15 is 0 Å². The second kappa shape index (κ2) is 8.71. The van der Waals surface area contributed by atoms with Crippen molar-refractivity contribution < 1.29 is 18.3 Å². The average Bonchev–Trinajstić information content (AvgIpc) is 3.34. The van der Waals surface area contributed by atoms with Crippen LogP contribution in [0, 0.1) is 11.6 Å². The summed E-state index contributed by atoms with van der Waals surface area (Å²) in [5.41, 5.74) is 2.92. The number of nitrogens with one attached hydrogen (secondary N) is 1. The van der Waals surface area contributed by atoms with Gasteiger partial charge in [0.25, 0.3) is 0 Å². The molecule has 1 N–H and O–H groups in total. The highest BCUT2D eigenvalue weighted by Crippen LogP contribution is 2.23. The van der Waals surface area contributed by atoms with Crippen LogP contribution in [-0.2, 0) is 24.8 Å². The number of ether oxygens (including phenoxy) is 2. The highest BCUT2D eigenvalue weighted by atomic mass is 19.2. The molecule has 0 radical (unpaired) electrons. The van der Waals surface area contributed by atoms with Crippen LogP contribution >= 0.6 is 0 Å². The predicted octanol–water partition coefficient (Wildman–Crippen LogP) is 2.62. The Labute approximate surface area is 167 Å². The molecule has 7 nitrogen and oxygen atoms in total. The van der Waals surface area contributed by atoms with Crippen molar-refractivity contribution in [2.45, 2.75) is 19.1 Å². The van der Waals surface area contributed by atoms with Crippen LogP contribution < -0.4 is 4.74 Å². The summed E-state index contributed by atoms with van der Waals surface area (Å²) in [7, 11) is 1.91. The van der Waals surface area contributed by atoms with Gasteiger partial charge in [-0.25, -0.2) is 8.78 Å². The van der Waals surface area contributed by atoms with E-state index in [9.17, 15) is 8.78 Å². The van der Waals surface area contributed by atoms with Gasteiger partial charge < -0.3 is 9.47 Å². The highest BCUT2D eigenvalue weighted by Gasteiger charge is 2.24. The number of hydrogen-bond donors (Lipinski definition) is 1. The summed E-state index contributed by atoms with van der Waals surface area (Å²) in [6.07, 6.45) is 4.37. The summed E-state index contributed by atoms with van der Waals surface area (Å²) in [4.78, 5) is 2.33. The van der Waals surface area contributed by atoms with E-state index in [0.29, 0.717) is 25.4 Å². The molecule has 1 aromatic carbocycles. The van der Waals surface area contributed by atoms with Gasteiger partial charge in [0.05, 0.1) is 25.1 Å². The Morgan fingerprint density at radius 1 is 1.28 bits per heavy atom. The molecule has 0 bridgehead atoms. The Kier molecular flexibility index (Phi) is 5.86. The van der Waals surface area contributed by atoms with E-state index in [1.807, 2.05) is 25.5 Å². The summed E-state index contributed by atoms with van der Waals surface area (Å²) >= 11 is 0. The van der Waals surface area contributed by atoms with Gasteiger partial charge in [-0.3, -0.25) is 14.7 Å². The Hall–Kier alpha value is -2.78. The lowest BCUT2D eigenvalue weighted by atomic mass is 10.1. The van der Waals surface area contributed by atoms with E-state index in [-0.39, 0.29) is 6.10 Å². The zero-order valence-electron chi connectivity index (χ0n) is 16.1. The number of H-pyrrole nitrogens is 1. The Bertz CT molecular complexity index is 958. The Morgan fingerprint density at radius 2 is 2.17 bits per heavy atom. The second-order valence-electron chi connectivity index (χ2n) is 7.11. The van der Waals surface area contributed by atoms with E-state index < -0.39 is 11.6 Å². The minimum atomic E-state index is -0.920. The molecular formula is C20H23F2N5O2. The van der Waals surface area contributed by atoms with Crippen molar-refractivity contribution >= 4 is 0 Å². The van der Waals surface area contributed by atoms with E-state index in [1.165, 1.54) is 11.6 Å². The first kappa shape index (κ1) is 19.5. The lowest BCUT2D eigenvalue weighted by Gasteiger charge is -2.31. The number of aromatic amines is 1. The molecular weight excluding hydrogens is 380 g/mol. The van der Waals surface area contributed by atoms with Gasteiger partial charge in [-0.2, -0.15) is 10.2 Å². The summed E-state index contributed by atoms with van der Waals surface area (Å²) in [6, 6.07) is 5.47. The number of halogens is 2. The lowest BCUT2D eigenvalue weighted by molar-refractivity contribution is -0.0350. The van der Waals surface area contributed by atoms with Gasteiger partial charge in [-0.15, -0.1) is 0 Å². The van der Waals surface area contributed by atoms with Gasteiger partial charge >= 0.3 is 0 Å². The molecule has 1 atom stereocenters. The molecule has 1 aliphatic rings. The van der Waals surface area contributed by atoms with E-state index in [4.69, 9.17) is 9.47 Å². The van der Waals surface area contributed by atoms with Gasteiger partial charge in [-0.1, -0.05) is 0 Å². The second-order valence-corrected chi connectivity index (χ2v) is 7.11. The van der Waals surface area contributed by atoms with Crippen LogP contribution in [0.5, 0.6) is 5.75 Å². The number of hydrogen-bond acceptors (Lipinski definition) is 5. The number of morpholine rings is 1. The average molecular weight is 403 g/mol. The highest BCUT2D eigenvalue weighted by molar-refractivity contribution is 5.23. The van der Waals surface area contributed by atoms with Crippen LogP contribution in [0.1, 0.15) is 23.1 Å². The van der Waals surface area contributed by atoms with Crippen LogP contribution in [0.4, 0.5) is 8.78 Å². The molecule has 0 aliphatic carbocycles. The number of nitrogens with zero attached hydrogens (tertiary/aromatic N) is 4. The number of aromatic nitrogens is 4. The van der Waals surface area contributed by atoms with Gasteiger partial charge in [-0.05, 0) is 18.2 Å². The fourth-order valence-electron chi connectivity index (χ4n) is 3.35. The number of aryl methyl sites for hydroxylation is 1. The van der Waals surface area contributed by atoms with Crippen LogP contribution in [0.3, 0.4) is 0 Å². The van der Waals surface area contributed by atoms with Crippen molar-refractivity contribution in [1.29, 1.82) is 0 Å². The van der Waals surface area contributed by atoms with Crippen LogP contribution in [0.15, 0.2) is 36.7 Å². The molecule has 1 aliphatic heterocycles. The van der Waals surface area contributed by atoms with Crippen molar-refractivity contribution in [3.8, 4) is 5.75 Å². The Morgan fingerprint density at radius 3 is 2.97 bits per heavy atom. The Balaban J connectivity index is 1.29. The van der Waals surface area contributed by atoms with Crippen molar-refractivity contribution in [1.82, 2.24) is 24.9 Å². The monoisotopic (exact) mass is 403 g/mol. The summed E-state index contributed by atoms with van der Waals surface area (Å²) in [6.45, 7) is 3.42. The molecule has 1 fully saturated rings. The maximum atomic E-state index is 13.2. The van der Waals surface area contributed by atoms with Crippen molar-refractivity contribution in [3.05, 3.63) is 65.2 Å². The predicted molar refractivity (Wildman–Crippen MR) is 101 cm³/mol. The molecule has 0 amide bonds. The number of benzene rings is 1. The van der Waals surface area contributed by atoms with Crippen molar-refractivity contribution in [2.24, 2.45) is 7.05 Å². The minimum absolute atomic E-state index is 0.0995. The molecule has 3 heterocycles. The summed E-state index contributed by atoms with van der Waals surface area (Å²) in [5, 5.41) is 11.6. The maximum Gasteiger partial charge on any atom is 0.162 e. The molecule has 0 spiro atoms. The molecule has 0 unspecified atom stereocenters.